The number of unbranched alkanes of at least 4 members (excludes halogenated alkanes) is 1. The van der Waals surface area contributed by atoms with Crippen LogP contribution in [0.3, 0.4) is 0 Å². The molecule has 0 bridgehead atoms. The number of H-pyrrole nitrogens is 1. The number of benzene rings is 1. The van der Waals surface area contributed by atoms with Gasteiger partial charge in [0.05, 0.1) is 5.69 Å². The van der Waals surface area contributed by atoms with E-state index in [1.807, 2.05) is 0 Å². The molecule has 0 atom stereocenters. The van der Waals surface area contributed by atoms with Crippen molar-refractivity contribution in [2.24, 2.45) is 0 Å². The first kappa shape index (κ1) is 16.8. The van der Waals surface area contributed by atoms with Crippen molar-refractivity contribution in [3.05, 3.63) is 47.3 Å². The normalized spacial score (nSPS) is 14.5. The highest BCUT2D eigenvalue weighted by atomic mass is 15.2. The van der Waals surface area contributed by atoms with Gasteiger partial charge in [-0.15, -0.1) is 0 Å². The van der Waals surface area contributed by atoms with E-state index >= 15 is 0 Å². The van der Waals surface area contributed by atoms with Crippen LogP contribution in [-0.4, -0.2) is 32.9 Å². The van der Waals surface area contributed by atoms with E-state index in [4.69, 9.17) is 5.73 Å². The van der Waals surface area contributed by atoms with Gasteiger partial charge in [0.15, 0.2) is 0 Å². The maximum Gasteiger partial charge on any atom is 0.222 e. The highest BCUT2D eigenvalue weighted by Gasteiger charge is 2.22. The molecule has 1 aliphatic heterocycles. The molecule has 3 heterocycles. The fraction of sp³-hybridized carbons (Fsp3) is 0.400. The Morgan fingerprint density at radius 1 is 1.27 bits per heavy atom. The van der Waals surface area contributed by atoms with Gasteiger partial charge in [-0.05, 0) is 18.1 Å². The van der Waals surface area contributed by atoms with Gasteiger partial charge in [-0.1, -0.05) is 31.5 Å². The first-order valence-corrected chi connectivity index (χ1v) is 9.41. The van der Waals surface area contributed by atoms with Gasteiger partial charge in [0, 0.05) is 55.3 Å². The van der Waals surface area contributed by atoms with E-state index in [0.717, 1.165) is 57.0 Å². The highest BCUT2D eigenvalue weighted by Crippen LogP contribution is 2.27. The molecule has 0 aliphatic carbocycles. The number of nitrogen functional groups attached to an aromatic ring is 1. The summed E-state index contributed by atoms with van der Waals surface area (Å²) in [5, 5.41) is 4.76. The van der Waals surface area contributed by atoms with E-state index in [1.165, 1.54) is 22.0 Å². The summed E-state index contributed by atoms with van der Waals surface area (Å²) in [7, 11) is 0. The van der Waals surface area contributed by atoms with Crippen LogP contribution in [0.25, 0.3) is 10.9 Å². The fourth-order valence-corrected chi connectivity index (χ4v) is 3.66. The first-order chi connectivity index (χ1) is 12.7. The molecule has 3 aromatic rings. The van der Waals surface area contributed by atoms with Crippen LogP contribution >= 0.6 is 0 Å². The van der Waals surface area contributed by atoms with E-state index in [-0.39, 0.29) is 0 Å². The molecule has 0 saturated carbocycles. The van der Waals surface area contributed by atoms with Crippen LogP contribution in [-0.2, 0) is 19.5 Å². The summed E-state index contributed by atoms with van der Waals surface area (Å²) in [5.74, 6) is 1.28. The SMILES string of the molecule is CCCCNc1nc(N)nc2c1CN(Cc1c[nH]c3ccccc13)CC2. The zero-order valence-corrected chi connectivity index (χ0v) is 15.3. The first-order valence-electron chi connectivity index (χ1n) is 9.41. The predicted molar refractivity (Wildman–Crippen MR) is 106 cm³/mol. The molecule has 1 aliphatic rings. The average Bonchev–Trinajstić information content (AvgIpc) is 3.05. The average molecular weight is 350 g/mol. The minimum atomic E-state index is 0.368. The molecular weight excluding hydrogens is 324 g/mol. The summed E-state index contributed by atoms with van der Waals surface area (Å²) in [6.45, 7) is 5.86. The number of rotatable bonds is 6. The van der Waals surface area contributed by atoms with Crippen molar-refractivity contribution >= 4 is 22.7 Å². The summed E-state index contributed by atoms with van der Waals surface area (Å²) in [5.41, 5.74) is 10.7. The molecule has 26 heavy (non-hydrogen) atoms. The van der Waals surface area contributed by atoms with Crippen molar-refractivity contribution in [2.45, 2.75) is 39.3 Å². The number of fused-ring (bicyclic) bond motifs is 2. The molecule has 0 spiro atoms. The maximum atomic E-state index is 5.91. The smallest absolute Gasteiger partial charge is 0.222 e. The largest absolute Gasteiger partial charge is 0.370 e. The quantitative estimate of drug-likeness (QED) is 0.594. The van der Waals surface area contributed by atoms with Gasteiger partial charge in [0.25, 0.3) is 0 Å². The molecule has 0 fully saturated rings. The number of aromatic amines is 1. The number of para-hydroxylation sites is 1. The van der Waals surface area contributed by atoms with Crippen molar-refractivity contribution in [3.8, 4) is 0 Å². The highest BCUT2D eigenvalue weighted by molar-refractivity contribution is 5.82. The molecule has 6 heteroatoms. The Hall–Kier alpha value is -2.60. The van der Waals surface area contributed by atoms with E-state index in [9.17, 15) is 0 Å². The van der Waals surface area contributed by atoms with Crippen LogP contribution in [0.2, 0.25) is 0 Å². The summed E-state index contributed by atoms with van der Waals surface area (Å²) < 4.78 is 0. The topological polar surface area (TPSA) is 82.9 Å². The fourth-order valence-electron chi connectivity index (χ4n) is 3.66. The number of anilines is 2. The monoisotopic (exact) mass is 350 g/mol. The molecule has 4 rings (SSSR count). The molecular formula is C20H26N6. The third kappa shape index (κ3) is 3.37. The molecule has 0 saturated heterocycles. The van der Waals surface area contributed by atoms with E-state index in [2.05, 4.69) is 62.6 Å². The number of hydrogen-bond acceptors (Lipinski definition) is 5. The summed E-state index contributed by atoms with van der Waals surface area (Å²) in [6, 6.07) is 8.46. The Balaban J connectivity index is 1.55. The molecule has 2 aromatic heterocycles. The van der Waals surface area contributed by atoms with Crippen LogP contribution in [0.4, 0.5) is 11.8 Å². The zero-order valence-electron chi connectivity index (χ0n) is 15.3. The van der Waals surface area contributed by atoms with Crippen LogP contribution in [0, 0.1) is 0 Å². The van der Waals surface area contributed by atoms with Crippen molar-refractivity contribution in [2.75, 3.05) is 24.1 Å². The molecule has 4 N–H and O–H groups in total. The van der Waals surface area contributed by atoms with Gasteiger partial charge in [-0.25, -0.2) is 4.98 Å². The van der Waals surface area contributed by atoms with Crippen molar-refractivity contribution in [3.63, 3.8) is 0 Å². The number of aromatic nitrogens is 3. The summed E-state index contributed by atoms with van der Waals surface area (Å²) in [6.07, 6.45) is 5.31. The predicted octanol–water partition coefficient (Wildman–Crippen LogP) is 3.31. The van der Waals surface area contributed by atoms with Crippen LogP contribution < -0.4 is 11.1 Å². The second-order valence-corrected chi connectivity index (χ2v) is 6.96. The van der Waals surface area contributed by atoms with Crippen LogP contribution in [0.15, 0.2) is 30.5 Å². The molecule has 0 amide bonds. The Bertz CT molecular complexity index is 900. The minimum Gasteiger partial charge on any atom is -0.370 e. The molecule has 136 valence electrons. The lowest BCUT2D eigenvalue weighted by molar-refractivity contribution is 0.244. The lowest BCUT2D eigenvalue weighted by Crippen LogP contribution is -2.32. The number of hydrogen-bond donors (Lipinski definition) is 3. The molecule has 1 aromatic carbocycles. The summed E-state index contributed by atoms with van der Waals surface area (Å²) in [4.78, 5) is 14.8. The standard InChI is InChI=1S/C20H26N6/c1-2-3-9-22-19-16-13-26(10-8-18(16)24-20(21)25-19)12-14-11-23-17-7-5-4-6-15(14)17/h4-7,11,23H,2-3,8-10,12-13H2,1H3,(H3,21,22,24,25). The van der Waals surface area contributed by atoms with Gasteiger partial charge in [-0.3, -0.25) is 4.90 Å². The molecule has 0 radical (unpaired) electrons. The van der Waals surface area contributed by atoms with Crippen molar-refractivity contribution in [1.82, 2.24) is 19.9 Å². The van der Waals surface area contributed by atoms with Crippen molar-refractivity contribution in [1.29, 1.82) is 0 Å². The van der Waals surface area contributed by atoms with Crippen LogP contribution in [0.1, 0.15) is 36.6 Å². The second kappa shape index (κ2) is 7.33. The molecule has 6 nitrogen and oxygen atoms in total. The Morgan fingerprint density at radius 2 is 2.15 bits per heavy atom. The third-order valence-electron chi connectivity index (χ3n) is 5.05. The van der Waals surface area contributed by atoms with Gasteiger partial charge >= 0.3 is 0 Å². The Kier molecular flexibility index (Phi) is 4.75. The van der Waals surface area contributed by atoms with E-state index in [1.54, 1.807) is 0 Å². The number of nitrogens with two attached hydrogens (primary N) is 1. The van der Waals surface area contributed by atoms with Crippen molar-refractivity contribution < 1.29 is 0 Å². The summed E-state index contributed by atoms with van der Waals surface area (Å²) >= 11 is 0. The number of nitrogens with one attached hydrogen (secondary N) is 2. The zero-order chi connectivity index (χ0) is 17.9. The second-order valence-electron chi connectivity index (χ2n) is 6.96. The Morgan fingerprint density at radius 3 is 3.04 bits per heavy atom. The maximum absolute atomic E-state index is 5.91. The van der Waals surface area contributed by atoms with E-state index in [0.29, 0.717) is 5.95 Å². The lowest BCUT2D eigenvalue weighted by Gasteiger charge is -2.29. The van der Waals surface area contributed by atoms with Crippen LogP contribution in [0.5, 0.6) is 0 Å². The minimum absolute atomic E-state index is 0.368. The molecule has 0 unspecified atom stereocenters. The number of nitrogens with zero attached hydrogens (tertiary/aromatic N) is 3. The van der Waals surface area contributed by atoms with Gasteiger partial charge in [0.1, 0.15) is 5.82 Å². The van der Waals surface area contributed by atoms with E-state index < -0.39 is 0 Å². The van der Waals surface area contributed by atoms with Gasteiger partial charge in [-0.2, -0.15) is 4.98 Å². The lowest BCUT2D eigenvalue weighted by atomic mass is 10.0. The van der Waals surface area contributed by atoms with Gasteiger partial charge < -0.3 is 16.0 Å². The third-order valence-corrected chi connectivity index (χ3v) is 5.05. The van der Waals surface area contributed by atoms with Gasteiger partial charge in [0.2, 0.25) is 5.95 Å². The Labute approximate surface area is 153 Å².